The SMILES string of the molecule is Cn1c(SCc2ccc(Cl)cc2)nc2cc(-c3ccccc3)sc2c1=O. The van der Waals surface area contributed by atoms with Gasteiger partial charge in [-0.2, -0.15) is 0 Å². The second kappa shape index (κ2) is 7.27. The smallest absolute Gasteiger partial charge is 0.271 e. The van der Waals surface area contributed by atoms with Gasteiger partial charge in [0.15, 0.2) is 5.16 Å². The first-order valence-electron chi connectivity index (χ1n) is 8.05. The fourth-order valence-corrected chi connectivity index (χ4v) is 4.77. The molecule has 0 unspecified atom stereocenters. The number of hydrogen-bond acceptors (Lipinski definition) is 4. The first kappa shape index (κ1) is 17.3. The van der Waals surface area contributed by atoms with Crippen LogP contribution in [0.4, 0.5) is 0 Å². The third-order valence-corrected chi connectivity index (χ3v) is 6.57. The predicted octanol–water partition coefficient (Wildman–Crippen LogP) is 5.61. The van der Waals surface area contributed by atoms with Gasteiger partial charge in [0.05, 0.1) is 5.52 Å². The van der Waals surface area contributed by atoms with Crippen molar-refractivity contribution in [2.45, 2.75) is 10.9 Å². The van der Waals surface area contributed by atoms with Crippen LogP contribution in [0.5, 0.6) is 0 Å². The summed E-state index contributed by atoms with van der Waals surface area (Å²) < 4.78 is 2.33. The van der Waals surface area contributed by atoms with E-state index in [0.717, 1.165) is 37.5 Å². The van der Waals surface area contributed by atoms with E-state index in [1.165, 1.54) is 11.3 Å². The maximum Gasteiger partial charge on any atom is 0.271 e. The Bertz CT molecular complexity index is 1120. The molecular formula is C20H15ClN2OS2. The average molecular weight is 399 g/mol. The topological polar surface area (TPSA) is 34.9 Å². The molecule has 2 aromatic heterocycles. The van der Waals surface area contributed by atoms with Crippen molar-refractivity contribution in [3.63, 3.8) is 0 Å². The molecule has 4 aromatic rings. The molecule has 6 heteroatoms. The maximum absolute atomic E-state index is 12.8. The first-order valence-corrected chi connectivity index (χ1v) is 10.2. The van der Waals surface area contributed by atoms with E-state index in [-0.39, 0.29) is 5.56 Å². The third kappa shape index (κ3) is 3.43. The normalized spacial score (nSPS) is 11.2. The maximum atomic E-state index is 12.8. The van der Waals surface area contributed by atoms with Crippen LogP contribution in [0.1, 0.15) is 5.56 Å². The lowest BCUT2D eigenvalue weighted by Crippen LogP contribution is -2.18. The molecule has 0 atom stereocenters. The summed E-state index contributed by atoms with van der Waals surface area (Å²) >= 11 is 8.98. The fourth-order valence-electron chi connectivity index (χ4n) is 2.64. The van der Waals surface area contributed by atoms with Crippen LogP contribution in [0.25, 0.3) is 20.7 Å². The van der Waals surface area contributed by atoms with Crippen molar-refractivity contribution < 1.29 is 0 Å². The summed E-state index contributed by atoms with van der Waals surface area (Å²) in [5, 5.41) is 1.44. The lowest BCUT2D eigenvalue weighted by Gasteiger charge is -2.07. The third-order valence-electron chi connectivity index (χ3n) is 4.05. The van der Waals surface area contributed by atoms with E-state index in [2.05, 4.69) is 0 Å². The summed E-state index contributed by atoms with van der Waals surface area (Å²) in [7, 11) is 1.78. The first-order chi connectivity index (χ1) is 12.6. The summed E-state index contributed by atoms with van der Waals surface area (Å²) in [5.74, 6) is 0.735. The molecule has 0 spiro atoms. The summed E-state index contributed by atoms with van der Waals surface area (Å²) in [6, 6.07) is 19.8. The van der Waals surface area contributed by atoms with E-state index < -0.39 is 0 Å². The molecule has 0 N–H and O–H groups in total. The van der Waals surface area contributed by atoms with Crippen LogP contribution in [0.15, 0.2) is 70.6 Å². The number of fused-ring (bicyclic) bond motifs is 1. The van der Waals surface area contributed by atoms with Gasteiger partial charge in [0.25, 0.3) is 5.56 Å². The lowest BCUT2D eigenvalue weighted by atomic mass is 10.2. The van der Waals surface area contributed by atoms with E-state index in [1.807, 2.05) is 60.7 Å². The molecule has 0 saturated heterocycles. The Morgan fingerprint density at radius 1 is 1.12 bits per heavy atom. The molecule has 0 fully saturated rings. The van der Waals surface area contributed by atoms with Crippen molar-refractivity contribution in [2.75, 3.05) is 0 Å². The van der Waals surface area contributed by atoms with Crippen molar-refractivity contribution in [2.24, 2.45) is 7.05 Å². The number of rotatable bonds is 4. The number of nitrogens with zero attached hydrogens (tertiary/aromatic N) is 2. The summed E-state index contributed by atoms with van der Waals surface area (Å²) in [4.78, 5) is 18.5. The molecule has 0 aliphatic heterocycles. The van der Waals surface area contributed by atoms with Gasteiger partial charge in [-0.1, -0.05) is 65.8 Å². The highest BCUT2D eigenvalue weighted by molar-refractivity contribution is 7.98. The zero-order valence-corrected chi connectivity index (χ0v) is 16.4. The molecule has 3 nitrogen and oxygen atoms in total. The van der Waals surface area contributed by atoms with Gasteiger partial charge in [-0.3, -0.25) is 9.36 Å². The van der Waals surface area contributed by atoms with Crippen molar-refractivity contribution in [3.05, 3.63) is 81.6 Å². The second-order valence-corrected chi connectivity index (χ2v) is 8.30. The molecule has 0 amide bonds. The zero-order valence-electron chi connectivity index (χ0n) is 14.0. The van der Waals surface area contributed by atoms with E-state index in [9.17, 15) is 4.79 Å². The van der Waals surface area contributed by atoms with Crippen molar-refractivity contribution in [1.29, 1.82) is 0 Å². The quantitative estimate of drug-likeness (QED) is 0.331. The number of thioether (sulfide) groups is 1. The van der Waals surface area contributed by atoms with E-state index in [0.29, 0.717) is 4.70 Å². The molecule has 0 bridgehead atoms. The highest BCUT2D eigenvalue weighted by Gasteiger charge is 2.13. The number of aromatic nitrogens is 2. The van der Waals surface area contributed by atoms with Crippen LogP contribution in [-0.4, -0.2) is 9.55 Å². The van der Waals surface area contributed by atoms with Crippen LogP contribution in [-0.2, 0) is 12.8 Å². The molecule has 2 heterocycles. The van der Waals surface area contributed by atoms with Crippen LogP contribution >= 0.6 is 34.7 Å². The van der Waals surface area contributed by atoms with Crippen molar-refractivity contribution in [1.82, 2.24) is 9.55 Å². The Balaban J connectivity index is 1.68. The van der Waals surface area contributed by atoms with Gasteiger partial charge in [-0.25, -0.2) is 4.98 Å². The van der Waals surface area contributed by atoms with Crippen molar-refractivity contribution >= 4 is 44.9 Å². The molecule has 26 heavy (non-hydrogen) atoms. The predicted molar refractivity (Wildman–Crippen MR) is 111 cm³/mol. The summed E-state index contributed by atoms with van der Waals surface area (Å²) in [5.41, 5.74) is 3.01. The van der Waals surface area contributed by atoms with E-state index in [1.54, 1.807) is 23.4 Å². The Hall–Kier alpha value is -2.08. The number of thiophene rings is 1. The highest BCUT2D eigenvalue weighted by atomic mass is 35.5. The standard InChI is InChI=1S/C20H15ClN2OS2/c1-23-19(24)18-16(11-17(26-18)14-5-3-2-4-6-14)22-20(23)25-12-13-7-9-15(21)10-8-13/h2-11H,12H2,1H3. The van der Waals surface area contributed by atoms with E-state index in [4.69, 9.17) is 16.6 Å². The second-order valence-electron chi connectivity index (χ2n) is 5.86. The average Bonchev–Trinajstić information content (AvgIpc) is 3.10. The van der Waals surface area contributed by atoms with Gasteiger partial charge in [0, 0.05) is 22.7 Å². The molecule has 2 aromatic carbocycles. The molecule has 0 radical (unpaired) electrons. The van der Waals surface area contributed by atoms with Crippen molar-refractivity contribution in [3.8, 4) is 10.4 Å². The monoisotopic (exact) mass is 398 g/mol. The Morgan fingerprint density at radius 2 is 1.85 bits per heavy atom. The summed E-state index contributed by atoms with van der Waals surface area (Å²) in [6.45, 7) is 0. The van der Waals surface area contributed by atoms with Crippen LogP contribution in [0.3, 0.4) is 0 Å². The highest BCUT2D eigenvalue weighted by Crippen LogP contribution is 2.32. The van der Waals surface area contributed by atoms with Gasteiger partial charge in [-0.05, 0) is 29.3 Å². The number of halogens is 1. The molecule has 0 aliphatic rings. The molecule has 0 aliphatic carbocycles. The minimum absolute atomic E-state index is 0.000729. The Kier molecular flexibility index (Phi) is 4.85. The largest absolute Gasteiger partial charge is 0.290 e. The fraction of sp³-hybridized carbons (Fsp3) is 0.100. The molecule has 130 valence electrons. The van der Waals surface area contributed by atoms with Gasteiger partial charge < -0.3 is 0 Å². The Labute approximate surface area is 164 Å². The van der Waals surface area contributed by atoms with Gasteiger partial charge >= 0.3 is 0 Å². The van der Waals surface area contributed by atoms with E-state index >= 15 is 0 Å². The Morgan fingerprint density at radius 3 is 2.58 bits per heavy atom. The molecule has 0 saturated carbocycles. The van der Waals surface area contributed by atoms with Gasteiger partial charge in [0.1, 0.15) is 4.70 Å². The van der Waals surface area contributed by atoms with Crippen LogP contribution in [0, 0.1) is 0 Å². The van der Waals surface area contributed by atoms with Gasteiger partial charge in [0.2, 0.25) is 0 Å². The van der Waals surface area contributed by atoms with Crippen LogP contribution in [0.2, 0.25) is 5.02 Å². The zero-order chi connectivity index (χ0) is 18.1. The molecule has 4 rings (SSSR count). The minimum atomic E-state index is 0.000729. The van der Waals surface area contributed by atoms with Gasteiger partial charge in [-0.15, -0.1) is 11.3 Å². The minimum Gasteiger partial charge on any atom is -0.290 e. The lowest BCUT2D eigenvalue weighted by molar-refractivity contribution is 0.728. The number of benzene rings is 2. The molecular weight excluding hydrogens is 384 g/mol. The van der Waals surface area contributed by atoms with Crippen LogP contribution < -0.4 is 5.56 Å². The number of hydrogen-bond donors (Lipinski definition) is 0. The summed E-state index contributed by atoms with van der Waals surface area (Å²) in [6.07, 6.45) is 0.